The third kappa shape index (κ3) is 8.91. The second kappa shape index (κ2) is 15.8. The van der Waals surface area contributed by atoms with Crippen LogP contribution in [0.3, 0.4) is 0 Å². The Bertz CT molecular complexity index is 1060. The van der Waals surface area contributed by atoms with Gasteiger partial charge in [-0.25, -0.2) is 0 Å². The number of hydrogen-bond acceptors (Lipinski definition) is 5. The molecule has 0 saturated heterocycles. The minimum absolute atomic E-state index is 0.00957. The first-order valence-electron chi connectivity index (χ1n) is 18.1. The van der Waals surface area contributed by atoms with Gasteiger partial charge in [0.05, 0.1) is 25.8 Å². The lowest BCUT2D eigenvalue weighted by molar-refractivity contribution is -0.139. The van der Waals surface area contributed by atoms with Gasteiger partial charge in [-0.3, -0.25) is 19.3 Å². The van der Waals surface area contributed by atoms with E-state index in [1.54, 1.807) is 10.5 Å². The maximum absolute atomic E-state index is 12.3. The highest BCUT2D eigenvalue weighted by Gasteiger charge is 2.59. The van der Waals surface area contributed by atoms with Crippen LogP contribution in [0.5, 0.6) is 0 Å². The topological polar surface area (TPSA) is 108 Å². The van der Waals surface area contributed by atoms with E-state index in [-0.39, 0.29) is 36.4 Å². The molecule has 4 rings (SSSR count). The van der Waals surface area contributed by atoms with Gasteiger partial charge < -0.3 is 20.5 Å². The van der Waals surface area contributed by atoms with Gasteiger partial charge in [0.15, 0.2) is 0 Å². The van der Waals surface area contributed by atoms with Gasteiger partial charge in [-0.05, 0) is 97.7 Å². The van der Waals surface area contributed by atoms with Crippen molar-refractivity contribution in [3.8, 4) is 0 Å². The monoisotopic (exact) mass is 629 g/mol. The zero-order valence-corrected chi connectivity index (χ0v) is 29.2. The van der Waals surface area contributed by atoms with Crippen LogP contribution in [-0.2, 0) is 19.1 Å². The van der Waals surface area contributed by atoms with Crippen LogP contribution in [0, 0.1) is 46.3 Å². The fraction of sp³-hybridized carbons (Fsp3) is 0.865. The van der Waals surface area contributed by atoms with Crippen molar-refractivity contribution in [2.75, 3.05) is 39.3 Å². The fourth-order valence-corrected chi connectivity index (χ4v) is 10.2. The third-order valence-electron chi connectivity index (χ3n) is 12.6. The van der Waals surface area contributed by atoms with Gasteiger partial charge in [-0.15, -0.1) is 0 Å². The fourth-order valence-electron chi connectivity index (χ4n) is 10.2. The van der Waals surface area contributed by atoms with Gasteiger partial charge in [0.2, 0.25) is 11.8 Å². The van der Waals surface area contributed by atoms with Crippen LogP contribution in [0.2, 0.25) is 0 Å². The summed E-state index contributed by atoms with van der Waals surface area (Å²) < 4.78 is 6.35. The lowest BCUT2D eigenvalue weighted by Crippen LogP contribution is -2.51. The molecule has 4 aliphatic rings. The lowest BCUT2D eigenvalue weighted by Gasteiger charge is -2.58. The smallest absolute Gasteiger partial charge is 0.317 e. The van der Waals surface area contributed by atoms with E-state index in [1.807, 2.05) is 0 Å². The van der Waals surface area contributed by atoms with Crippen LogP contribution in [0.15, 0.2) is 11.6 Å². The van der Waals surface area contributed by atoms with Crippen LogP contribution in [0.25, 0.3) is 0 Å². The molecule has 8 atom stereocenters. The average Bonchev–Trinajstić information content (AvgIpc) is 3.32. The normalized spacial score (nSPS) is 33.2. The van der Waals surface area contributed by atoms with Crippen LogP contribution < -0.4 is 10.6 Å². The maximum atomic E-state index is 12.3. The average molecular weight is 630 g/mol. The number of aliphatic carboxylic acids is 1. The van der Waals surface area contributed by atoms with Crippen LogP contribution >= 0.6 is 0 Å². The molecule has 0 heterocycles. The number of carbonyl (C=O) groups excluding carboxylic acids is 2. The lowest BCUT2D eigenvalue weighted by atomic mass is 9.47. The summed E-state index contributed by atoms with van der Waals surface area (Å²) in [5.41, 5.74) is 2.38. The van der Waals surface area contributed by atoms with Gasteiger partial charge >= 0.3 is 5.97 Å². The highest BCUT2D eigenvalue weighted by atomic mass is 16.5. The minimum atomic E-state index is -0.964. The van der Waals surface area contributed by atoms with E-state index in [0.29, 0.717) is 31.7 Å². The van der Waals surface area contributed by atoms with Crippen molar-refractivity contribution in [3.05, 3.63) is 11.6 Å². The SMILES string of the molecule is CC(=O)NCCNC(=O)CN(CCO[C@H]1CC[C@@]2(C)C(=CCC3C2CC[C@@]2(C)C3CC[C@@H]2[C@H](C)CCCC(C)C)C1)CC(=O)O. The third-order valence-corrected chi connectivity index (χ3v) is 12.6. The molecular formula is C37H63N3O5. The first kappa shape index (κ1) is 35.9. The molecule has 0 radical (unpaired) electrons. The van der Waals surface area contributed by atoms with Gasteiger partial charge in [0.1, 0.15) is 0 Å². The number of nitrogens with one attached hydrogen (secondary N) is 2. The Morgan fingerprint density at radius 2 is 1.76 bits per heavy atom. The number of fused-ring (bicyclic) bond motifs is 5. The Morgan fingerprint density at radius 3 is 2.47 bits per heavy atom. The molecule has 0 bridgehead atoms. The van der Waals surface area contributed by atoms with Crippen LogP contribution in [0.1, 0.15) is 112 Å². The van der Waals surface area contributed by atoms with Crippen molar-refractivity contribution < 1.29 is 24.2 Å². The number of allylic oxidation sites excluding steroid dienone is 1. The Labute approximate surface area is 272 Å². The Hall–Kier alpha value is -1.93. The summed E-state index contributed by atoms with van der Waals surface area (Å²) in [6.45, 7) is 15.1. The number of nitrogens with zero attached hydrogens (tertiary/aromatic N) is 1. The van der Waals surface area contributed by atoms with Crippen molar-refractivity contribution >= 4 is 17.8 Å². The quantitative estimate of drug-likeness (QED) is 0.142. The van der Waals surface area contributed by atoms with Crippen molar-refractivity contribution in [2.45, 2.75) is 118 Å². The molecule has 256 valence electrons. The predicted molar refractivity (Wildman–Crippen MR) is 179 cm³/mol. The first-order chi connectivity index (χ1) is 21.3. The van der Waals surface area contributed by atoms with E-state index in [0.717, 1.165) is 48.3 Å². The molecule has 0 aromatic heterocycles. The van der Waals surface area contributed by atoms with E-state index in [4.69, 9.17) is 4.74 Å². The summed E-state index contributed by atoms with van der Waals surface area (Å²) in [5, 5.41) is 14.7. The molecule has 3 N–H and O–H groups in total. The van der Waals surface area contributed by atoms with Crippen LogP contribution in [0.4, 0.5) is 0 Å². The van der Waals surface area contributed by atoms with Gasteiger partial charge in [0.25, 0.3) is 0 Å². The molecule has 2 amide bonds. The summed E-state index contributed by atoms with van der Waals surface area (Å²) >= 11 is 0. The molecule has 0 spiro atoms. The number of carboxylic acids is 1. The van der Waals surface area contributed by atoms with Crippen LogP contribution in [-0.4, -0.2) is 73.2 Å². The maximum Gasteiger partial charge on any atom is 0.317 e. The molecule has 3 unspecified atom stereocenters. The van der Waals surface area contributed by atoms with Crippen molar-refractivity contribution in [1.82, 2.24) is 15.5 Å². The molecule has 45 heavy (non-hydrogen) atoms. The van der Waals surface area contributed by atoms with Gasteiger partial charge in [-0.2, -0.15) is 0 Å². The largest absolute Gasteiger partial charge is 0.480 e. The van der Waals surface area contributed by atoms with Crippen molar-refractivity contribution in [2.24, 2.45) is 46.3 Å². The highest BCUT2D eigenvalue weighted by Crippen LogP contribution is 2.67. The molecule has 8 nitrogen and oxygen atoms in total. The molecule has 3 saturated carbocycles. The number of rotatable bonds is 16. The predicted octanol–water partition coefficient (Wildman–Crippen LogP) is 6.05. The van der Waals surface area contributed by atoms with E-state index in [9.17, 15) is 19.5 Å². The zero-order valence-electron chi connectivity index (χ0n) is 29.2. The Balaban J connectivity index is 1.28. The summed E-state index contributed by atoms with van der Waals surface area (Å²) in [6, 6.07) is 0. The number of carbonyl (C=O) groups is 3. The number of amides is 2. The second-order valence-corrected chi connectivity index (χ2v) is 16.0. The molecule has 0 aromatic carbocycles. The summed E-state index contributed by atoms with van der Waals surface area (Å²) in [7, 11) is 0. The summed E-state index contributed by atoms with van der Waals surface area (Å²) in [5.74, 6) is 3.62. The standard InChI is InChI=1S/C37H63N3O5/c1-25(2)8-7-9-26(3)31-12-13-32-30-11-10-28-22-29(14-16-36(28,5)33(30)15-17-37(31,32)6)45-21-20-40(24-35(43)44)23-34(42)39-19-18-38-27(4)41/h10,25-26,29-33H,7-9,11-24H2,1-6H3,(H,38,41)(H,39,42)(H,43,44)/t26-,29+,30?,31-,32?,33?,36+,37-/m1/s1. The highest BCUT2D eigenvalue weighted by molar-refractivity contribution is 5.79. The first-order valence-corrected chi connectivity index (χ1v) is 18.1. The molecule has 3 fully saturated rings. The molecule has 8 heteroatoms. The Morgan fingerprint density at radius 1 is 1.00 bits per heavy atom. The zero-order chi connectivity index (χ0) is 32.8. The molecule has 0 aromatic rings. The van der Waals surface area contributed by atoms with E-state index in [2.05, 4.69) is 51.3 Å². The minimum Gasteiger partial charge on any atom is -0.480 e. The number of ether oxygens (including phenoxy) is 1. The van der Waals surface area contributed by atoms with E-state index < -0.39 is 5.97 Å². The summed E-state index contributed by atoms with van der Waals surface area (Å²) in [6.07, 6.45) is 16.9. The Kier molecular flexibility index (Phi) is 12.6. The van der Waals surface area contributed by atoms with Crippen molar-refractivity contribution in [1.29, 1.82) is 0 Å². The van der Waals surface area contributed by atoms with Crippen molar-refractivity contribution in [3.63, 3.8) is 0 Å². The number of hydrogen-bond donors (Lipinski definition) is 3. The van der Waals surface area contributed by atoms with E-state index >= 15 is 0 Å². The number of carboxylic acid groups (broad SMARTS) is 1. The van der Waals surface area contributed by atoms with Gasteiger partial charge in [0, 0.05) is 26.6 Å². The second-order valence-electron chi connectivity index (χ2n) is 16.0. The molecule has 4 aliphatic carbocycles. The molecular weight excluding hydrogens is 566 g/mol. The van der Waals surface area contributed by atoms with Gasteiger partial charge in [-0.1, -0.05) is 65.5 Å². The summed E-state index contributed by atoms with van der Waals surface area (Å²) in [4.78, 5) is 36.4. The van der Waals surface area contributed by atoms with E-state index in [1.165, 1.54) is 64.7 Å². The molecule has 0 aliphatic heterocycles.